The highest BCUT2D eigenvalue weighted by Gasteiger charge is 2.13. The van der Waals surface area contributed by atoms with Gasteiger partial charge in [-0.3, -0.25) is 4.79 Å². The molecule has 0 fully saturated rings. The van der Waals surface area contributed by atoms with Crippen molar-refractivity contribution in [1.29, 1.82) is 0 Å². The lowest BCUT2D eigenvalue weighted by atomic mass is 10.0. The largest absolute Gasteiger partial charge is 0.399 e. The molecule has 1 atom stereocenters. The number of anilines is 1. The summed E-state index contributed by atoms with van der Waals surface area (Å²) in [4.78, 5) is 11.8. The lowest BCUT2D eigenvalue weighted by molar-refractivity contribution is -0.122. The second-order valence-corrected chi connectivity index (χ2v) is 5.03. The molecule has 3 nitrogen and oxygen atoms in total. The summed E-state index contributed by atoms with van der Waals surface area (Å²) in [7, 11) is 0. The van der Waals surface area contributed by atoms with Gasteiger partial charge in [-0.05, 0) is 30.4 Å². The van der Waals surface area contributed by atoms with Gasteiger partial charge < -0.3 is 11.1 Å². The highest BCUT2D eigenvalue weighted by atomic mass is 16.1. The first kappa shape index (κ1) is 14.6. The molecule has 0 spiro atoms. The Labute approximate surface area is 110 Å². The molecule has 1 aromatic carbocycles. The fraction of sp³-hybridized carbons (Fsp3) is 0.533. The second kappa shape index (κ2) is 7.04. The van der Waals surface area contributed by atoms with E-state index in [9.17, 15) is 4.79 Å². The molecule has 1 amide bonds. The third-order valence-corrected chi connectivity index (χ3v) is 3.27. The molecular weight excluding hydrogens is 224 g/mol. The van der Waals surface area contributed by atoms with Crippen LogP contribution in [0.4, 0.5) is 5.69 Å². The van der Waals surface area contributed by atoms with E-state index in [2.05, 4.69) is 26.1 Å². The van der Waals surface area contributed by atoms with Crippen LogP contribution in [0, 0.1) is 5.92 Å². The van der Waals surface area contributed by atoms with Crippen molar-refractivity contribution < 1.29 is 4.79 Å². The maximum atomic E-state index is 11.8. The normalized spacial score (nSPS) is 12.4. The van der Waals surface area contributed by atoms with Crippen molar-refractivity contribution >= 4 is 11.6 Å². The highest BCUT2D eigenvalue weighted by molar-refractivity contribution is 5.76. The van der Waals surface area contributed by atoms with Gasteiger partial charge in [0.25, 0.3) is 0 Å². The molecule has 0 radical (unpaired) electrons. The van der Waals surface area contributed by atoms with Gasteiger partial charge in [-0.15, -0.1) is 0 Å². The first-order valence-electron chi connectivity index (χ1n) is 6.67. The van der Waals surface area contributed by atoms with E-state index < -0.39 is 0 Å². The fourth-order valence-corrected chi connectivity index (χ4v) is 2.03. The fourth-order valence-electron chi connectivity index (χ4n) is 2.03. The summed E-state index contributed by atoms with van der Waals surface area (Å²) in [5.41, 5.74) is 7.66. The molecule has 3 N–H and O–H groups in total. The maximum Gasteiger partial charge on any atom is 0.220 e. The number of carbonyl (C=O) groups excluding carboxylic acids is 1. The van der Waals surface area contributed by atoms with Gasteiger partial charge in [-0.2, -0.15) is 0 Å². The smallest absolute Gasteiger partial charge is 0.220 e. The van der Waals surface area contributed by atoms with Gasteiger partial charge in [-0.1, -0.05) is 39.0 Å². The lowest BCUT2D eigenvalue weighted by Gasteiger charge is -2.20. The molecule has 1 aromatic rings. The standard InChI is InChI=1S/C15H24N2O/c1-4-14(11(2)3)17-15(18)10-9-12-7-5-6-8-13(12)16/h5-8,11,14H,4,9-10,16H2,1-3H3,(H,17,18). The van der Waals surface area contributed by atoms with Gasteiger partial charge >= 0.3 is 0 Å². The van der Waals surface area contributed by atoms with Crippen molar-refractivity contribution in [2.45, 2.75) is 46.1 Å². The number of amides is 1. The van der Waals surface area contributed by atoms with Crippen LogP contribution in [0.5, 0.6) is 0 Å². The SMILES string of the molecule is CCC(NC(=O)CCc1ccccc1N)C(C)C. The van der Waals surface area contributed by atoms with Crippen LogP contribution in [-0.4, -0.2) is 11.9 Å². The molecule has 0 saturated heterocycles. The Kier molecular flexibility index (Phi) is 5.69. The second-order valence-electron chi connectivity index (χ2n) is 5.03. The third-order valence-electron chi connectivity index (χ3n) is 3.27. The van der Waals surface area contributed by atoms with Gasteiger partial charge in [0, 0.05) is 18.2 Å². The average molecular weight is 248 g/mol. The summed E-state index contributed by atoms with van der Waals surface area (Å²) in [5, 5.41) is 3.08. The summed E-state index contributed by atoms with van der Waals surface area (Å²) in [5.74, 6) is 0.583. The van der Waals surface area contributed by atoms with Crippen molar-refractivity contribution in [1.82, 2.24) is 5.32 Å². The number of hydrogen-bond donors (Lipinski definition) is 2. The number of benzene rings is 1. The van der Waals surface area contributed by atoms with Gasteiger partial charge in [0.15, 0.2) is 0 Å². The van der Waals surface area contributed by atoms with E-state index in [-0.39, 0.29) is 11.9 Å². The topological polar surface area (TPSA) is 55.1 Å². The molecule has 1 unspecified atom stereocenters. The van der Waals surface area contributed by atoms with Gasteiger partial charge in [0.05, 0.1) is 0 Å². The Morgan fingerprint density at radius 3 is 2.56 bits per heavy atom. The first-order valence-corrected chi connectivity index (χ1v) is 6.67. The summed E-state index contributed by atoms with van der Waals surface area (Å²) in [6, 6.07) is 7.97. The van der Waals surface area contributed by atoms with Crippen LogP contribution < -0.4 is 11.1 Å². The zero-order valence-electron chi connectivity index (χ0n) is 11.6. The summed E-state index contributed by atoms with van der Waals surface area (Å²) in [6.45, 7) is 6.35. The molecule has 100 valence electrons. The van der Waals surface area contributed by atoms with E-state index in [4.69, 9.17) is 5.73 Å². The van der Waals surface area contributed by atoms with Crippen molar-refractivity contribution in [2.75, 3.05) is 5.73 Å². The zero-order valence-corrected chi connectivity index (χ0v) is 11.6. The van der Waals surface area contributed by atoms with Crippen LogP contribution >= 0.6 is 0 Å². The Morgan fingerprint density at radius 2 is 2.00 bits per heavy atom. The summed E-state index contributed by atoms with van der Waals surface area (Å²) in [6.07, 6.45) is 2.17. The van der Waals surface area contributed by atoms with E-state index >= 15 is 0 Å². The highest BCUT2D eigenvalue weighted by Crippen LogP contribution is 2.13. The third kappa shape index (κ3) is 4.40. The number of rotatable bonds is 6. The van der Waals surface area contributed by atoms with Gasteiger partial charge in [0.2, 0.25) is 5.91 Å². The predicted molar refractivity (Wildman–Crippen MR) is 76.2 cm³/mol. The minimum atomic E-state index is 0.110. The van der Waals surface area contributed by atoms with E-state index in [0.29, 0.717) is 18.8 Å². The Bertz CT molecular complexity index is 388. The predicted octanol–water partition coefficient (Wildman–Crippen LogP) is 2.75. The Morgan fingerprint density at radius 1 is 1.33 bits per heavy atom. The lowest BCUT2D eigenvalue weighted by Crippen LogP contribution is -2.38. The number of nitrogens with two attached hydrogens (primary N) is 1. The van der Waals surface area contributed by atoms with Crippen molar-refractivity contribution in [3.8, 4) is 0 Å². The van der Waals surface area contributed by atoms with E-state index in [1.807, 2.05) is 24.3 Å². The van der Waals surface area contributed by atoms with Crippen LogP contribution in [0.15, 0.2) is 24.3 Å². The van der Waals surface area contributed by atoms with Crippen molar-refractivity contribution in [3.63, 3.8) is 0 Å². The molecule has 18 heavy (non-hydrogen) atoms. The quantitative estimate of drug-likeness (QED) is 0.761. The summed E-state index contributed by atoms with van der Waals surface area (Å²) >= 11 is 0. The van der Waals surface area contributed by atoms with Crippen molar-refractivity contribution in [3.05, 3.63) is 29.8 Å². The van der Waals surface area contributed by atoms with Gasteiger partial charge in [-0.25, -0.2) is 0 Å². The Hall–Kier alpha value is -1.51. The van der Waals surface area contributed by atoms with Crippen molar-refractivity contribution in [2.24, 2.45) is 5.92 Å². The van der Waals surface area contributed by atoms with Crippen LogP contribution in [0.3, 0.4) is 0 Å². The summed E-state index contributed by atoms with van der Waals surface area (Å²) < 4.78 is 0. The number of nitrogens with one attached hydrogen (secondary N) is 1. The molecule has 0 aliphatic rings. The molecule has 1 rings (SSSR count). The van der Waals surface area contributed by atoms with E-state index in [1.54, 1.807) is 0 Å². The molecule has 0 bridgehead atoms. The first-order chi connectivity index (χ1) is 8.54. The molecule has 0 aliphatic carbocycles. The number of para-hydroxylation sites is 1. The molecular formula is C15H24N2O. The van der Waals surface area contributed by atoms with Crippen LogP contribution in [0.1, 0.15) is 39.2 Å². The Balaban J connectivity index is 2.44. The number of hydrogen-bond acceptors (Lipinski definition) is 2. The maximum absolute atomic E-state index is 11.8. The molecule has 0 aliphatic heterocycles. The van der Waals surface area contributed by atoms with Crippen LogP contribution in [-0.2, 0) is 11.2 Å². The molecule has 0 heterocycles. The van der Waals surface area contributed by atoms with Crippen LogP contribution in [0.2, 0.25) is 0 Å². The minimum absolute atomic E-state index is 0.110. The number of nitrogen functional groups attached to an aromatic ring is 1. The number of carbonyl (C=O) groups is 1. The molecule has 0 aromatic heterocycles. The monoisotopic (exact) mass is 248 g/mol. The average Bonchev–Trinajstić information content (AvgIpc) is 2.34. The molecule has 0 saturated carbocycles. The number of aryl methyl sites for hydroxylation is 1. The zero-order chi connectivity index (χ0) is 13.5. The van der Waals surface area contributed by atoms with Gasteiger partial charge in [0.1, 0.15) is 0 Å². The molecule has 3 heteroatoms. The minimum Gasteiger partial charge on any atom is -0.399 e. The van der Waals surface area contributed by atoms with E-state index in [1.165, 1.54) is 0 Å². The van der Waals surface area contributed by atoms with E-state index in [0.717, 1.165) is 17.7 Å². The van der Waals surface area contributed by atoms with Crippen LogP contribution in [0.25, 0.3) is 0 Å².